The first-order chi connectivity index (χ1) is 12.4. The van der Waals surface area contributed by atoms with Gasteiger partial charge in [0.15, 0.2) is 0 Å². The molecular weight excluding hydrogens is 332 g/mol. The number of urea groups is 1. The third-order valence-corrected chi connectivity index (χ3v) is 4.12. The quantitative estimate of drug-likeness (QED) is 0.783. The lowest BCUT2D eigenvalue weighted by atomic mass is 10.2. The van der Waals surface area contributed by atoms with Gasteiger partial charge in [0.25, 0.3) is 0 Å². The van der Waals surface area contributed by atoms with Crippen LogP contribution in [-0.2, 0) is 13.1 Å². The summed E-state index contributed by atoms with van der Waals surface area (Å²) in [5.74, 6) is 1.53. The lowest BCUT2D eigenvalue weighted by molar-refractivity contribution is 0.206. The van der Waals surface area contributed by atoms with Crippen LogP contribution in [0.1, 0.15) is 22.6 Å². The number of carbonyl (C=O) groups is 1. The molecule has 2 rings (SSSR count). The Kier molecular flexibility index (Phi) is 7.03. The number of ether oxygens (including phenoxy) is 1. The standard InChI is InChI=1S/C19H28N4O3/c1-14-17(15(2)26-21-14)13-23(5)19(24)20-12-16-8-6-7-9-18(16)25-11-10-22(3)4/h6-9H,10-13H2,1-5H3,(H,20,24). The highest BCUT2D eigenvalue weighted by molar-refractivity contribution is 5.74. The number of rotatable bonds is 8. The molecule has 0 fully saturated rings. The van der Waals surface area contributed by atoms with Crippen molar-refractivity contribution in [3.8, 4) is 5.75 Å². The first-order valence-electron chi connectivity index (χ1n) is 8.64. The molecule has 2 amide bonds. The average Bonchev–Trinajstić information content (AvgIpc) is 2.92. The van der Waals surface area contributed by atoms with E-state index < -0.39 is 0 Å². The maximum absolute atomic E-state index is 12.4. The second kappa shape index (κ2) is 9.24. The average molecular weight is 360 g/mol. The SMILES string of the molecule is Cc1noc(C)c1CN(C)C(=O)NCc1ccccc1OCCN(C)C. The second-order valence-electron chi connectivity index (χ2n) is 6.58. The molecule has 0 radical (unpaired) electrons. The summed E-state index contributed by atoms with van der Waals surface area (Å²) in [6.07, 6.45) is 0. The number of hydrogen-bond donors (Lipinski definition) is 1. The topological polar surface area (TPSA) is 70.8 Å². The Bertz CT molecular complexity index is 708. The van der Waals surface area contributed by atoms with Gasteiger partial charge in [0, 0.05) is 31.3 Å². The van der Waals surface area contributed by atoms with Gasteiger partial charge in [-0.15, -0.1) is 0 Å². The molecule has 0 aliphatic rings. The van der Waals surface area contributed by atoms with Crippen molar-refractivity contribution < 1.29 is 14.1 Å². The van der Waals surface area contributed by atoms with Gasteiger partial charge in [0.2, 0.25) is 0 Å². The lowest BCUT2D eigenvalue weighted by Gasteiger charge is -2.19. The third-order valence-electron chi connectivity index (χ3n) is 4.12. The predicted octanol–water partition coefficient (Wildman–Crippen LogP) is 2.57. The molecule has 7 nitrogen and oxygen atoms in total. The van der Waals surface area contributed by atoms with Crippen molar-refractivity contribution >= 4 is 6.03 Å². The molecule has 0 atom stereocenters. The summed E-state index contributed by atoms with van der Waals surface area (Å²) in [7, 11) is 5.76. The van der Waals surface area contributed by atoms with Crippen LogP contribution in [0.15, 0.2) is 28.8 Å². The Hall–Kier alpha value is -2.54. The highest BCUT2D eigenvalue weighted by atomic mass is 16.5. The van der Waals surface area contributed by atoms with Crippen LogP contribution in [0.25, 0.3) is 0 Å². The molecule has 26 heavy (non-hydrogen) atoms. The monoisotopic (exact) mass is 360 g/mol. The van der Waals surface area contributed by atoms with Crippen LogP contribution >= 0.6 is 0 Å². The van der Waals surface area contributed by atoms with Crippen molar-refractivity contribution in [3.05, 3.63) is 46.8 Å². The minimum atomic E-state index is -0.159. The number of carbonyl (C=O) groups excluding carboxylic acids is 1. The Morgan fingerprint density at radius 1 is 1.23 bits per heavy atom. The van der Waals surface area contributed by atoms with E-state index >= 15 is 0 Å². The van der Waals surface area contributed by atoms with Crippen LogP contribution in [0.5, 0.6) is 5.75 Å². The van der Waals surface area contributed by atoms with Crippen molar-refractivity contribution in [1.82, 2.24) is 20.3 Å². The highest BCUT2D eigenvalue weighted by Gasteiger charge is 2.15. The van der Waals surface area contributed by atoms with Gasteiger partial charge in [0.05, 0.1) is 12.2 Å². The van der Waals surface area contributed by atoms with E-state index in [9.17, 15) is 4.79 Å². The number of hydrogen-bond acceptors (Lipinski definition) is 5. The molecule has 0 unspecified atom stereocenters. The largest absolute Gasteiger partial charge is 0.492 e. The van der Waals surface area contributed by atoms with Crippen molar-refractivity contribution in [3.63, 3.8) is 0 Å². The molecule has 1 heterocycles. The molecule has 0 aliphatic heterocycles. The van der Waals surface area contributed by atoms with Gasteiger partial charge in [-0.05, 0) is 34.0 Å². The molecule has 142 valence electrons. The van der Waals surface area contributed by atoms with Crippen molar-refractivity contribution in [1.29, 1.82) is 0 Å². The molecule has 2 aromatic rings. The smallest absolute Gasteiger partial charge is 0.317 e. The molecule has 0 aliphatic carbocycles. The number of nitrogens with zero attached hydrogens (tertiary/aromatic N) is 3. The van der Waals surface area contributed by atoms with Gasteiger partial charge in [-0.25, -0.2) is 4.79 Å². The normalized spacial score (nSPS) is 10.8. The van der Waals surface area contributed by atoms with E-state index in [4.69, 9.17) is 9.26 Å². The molecule has 0 bridgehead atoms. The molecule has 0 spiro atoms. The van der Waals surface area contributed by atoms with Gasteiger partial charge in [0.1, 0.15) is 18.1 Å². The molecule has 7 heteroatoms. The Morgan fingerprint density at radius 3 is 2.62 bits per heavy atom. The number of aromatic nitrogens is 1. The van der Waals surface area contributed by atoms with Gasteiger partial charge >= 0.3 is 6.03 Å². The minimum absolute atomic E-state index is 0.159. The summed E-state index contributed by atoms with van der Waals surface area (Å²) in [5, 5.41) is 6.86. The first kappa shape index (κ1) is 19.8. The van der Waals surface area contributed by atoms with Crippen molar-refractivity contribution in [2.75, 3.05) is 34.3 Å². The van der Waals surface area contributed by atoms with Crippen LogP contribution in [0.4, 0.5) is 4.79 Å². The summed E-state index contributed by atoms with van der Waals surface area (Å²) >= 11 is 0. The summed E-state index contributed by atoms with van der Waals surface area (Å²) in [4.78, 5) is 16.1. The van der Waals surface area contributed by atoms with Crippen LogP contribution in [-0.4, -0.2) is 55.3 Å². The first-order valence-corrected chi connectivity index (χ1v) is 8.64. The summed E-state index contributed by atoms with van der Waals surface area (Å²) in [5.41, 5.74) is 2.70. The number of benzene rings is 1. The molecule has 0 saturated carbocycles. The van der Waals surface area contributed by atoms with E-state index in [1.807, 2.05) is 52.2 Å². The van der Waals surface area contributed by atoms with Gasteiger partial charge in [-0.3, -0.25) is 0 Å². The van der Waals surface area contributed by atoms with E-state index in [-0.39, 0.29) is 6.03 Å². The number of nitrogens with one attached hydrogen (secondary N) is 1. The molecular formula is C19H28N4O3. The molecule has 1 aromatic heterocycles. The summed E-state index contributed by atoms with van der Waals surface area (Å²) < 4.78 is 11.0. The second-order valence-corrected chi connectivity index (χ2v) is 6.58. The van der Waals surface area contributed by atoms with E-state index in [0.29, 0.717) is 19.7 Å². The van der Waals surface area contributed by atoms with Crippen LogP contribution < -0.4 is 10.1 Å². The van der Waals surface area contributed by atoms with E-state index in [1.54, 1.807) is 11.9 Å². The maximum Gasteiger partial charge on any atom is 0.317 e. The minimum Gasteiger partial charge on any atom is -0.492 e. The Balaban J connectivity index is 1.90. The fourth-order valence-corrected chi connectivity index (χ4v) is 2.47. The fraction of sp³-hybridized carbons (Fsp3) is 0.474. The van der Waals surface area contributed by atoms with Gasteiger partial charge < -0.3 is 24.4 Å². The lowest BCUT2D eigenvalue weighted by Crippen LogP contribution is -2.36. The van der Waals surface area contributed by atoms with Gasteiger partial charge in [-0.2, -0.15) is 0 Å². The summed E-state index contributed by atoms with van der Waals surface area (Å²) in [6, 6.07) is 7.59. The number of amides is 2. The zero-order chi connectivity index (χ0) is 19.1. The highest BCUT2D eigenvalue weighted by Crippen LogP contribution is 2.18. The summed E-state index contributed by atoms with van der Waals surface area (Å²) in [6.45, 7) is 6.02. The van der Waals surface area contributed by atoms with Crippen LogP contribution in [0, 0.1) is 13.8 Å². The number of para-hydroxylation sites is 1. The van der Waals surface area contributed by atoms with E-state index in [1.165, 1.54) is 0 Å². The maximum atomic E-state index is 12.4. The number of aryl methyl sites for hydroxylation is 2. The van der Waals surface area contributed by atoms with Crippen molar-refractivity contribution in [2.24, 2.45) is 0 Å². The Morgan fingerprint density at radius 2 is 1.96 bits per heavy atom. The zero-order valence-electron chi connectivity index (χ0n) is 16.2. The third kappa shape index (κ3) is 5.49. The van der Waals surface area contributed by atoms with Gasteiger partial charge in [-0.1, -0.05) is 23.4 Å². The van der Waals surface area contributed by atoms with E-state index in [0.717, 1.165) is 34.9 Å². The van der Waals surface area contributed by atoms with Crippen molar-refractivity contribution in [2.45, 2.75) is 26.9 Å². The van der Waals surface area contributed by atoms with Crippen LogP contribution in [0.2, 0.25) is 0 Å². The molecule has 1 N–H and O–H groups in total. The zero-order valence-corrected chi connectivity index (χ0v) is 16.2. The Labute approximate surface area is 154 Å². The molecule has 0 saturated heterocycles. The van der Waals surface area contributed by atoms with Crippen LogP contribution in [0.3, 0.4) is 0 Å². The number of likely N-dealkylation sites (N-methyl/N-ethyl adjacent to an activating group) is 1. The van der Waals surface area contributed by atoms with E-state index in [2.05, 4.69) is 15.4 Å². The predicted molar refractivity (Wildman–Crippen MR) is 100 cm³/mol. The molecule has 1 aromatic carbocycles. The fourth-order valence-electron chi connectivity index (χ4n) is 2.47.